The predicted molar refractivity (Wildman–Crippen MR) is 95.3 cm³/mol. The zero-order chi connectivity index (χ0) is 16.9. The smallest absolute Gasteiger partial charge is 0.257 e. The molecule has 1 unspecified atom stereocenters. The largest absolute Gasteiger partial charge is 0.338 e. The van der Waals surface area contributed by atoms with Crippen molar-refractivity contribution in [2.45, 2.75) is 45.6 Å². The average molecular weight is 331 g/mol. The molecule has 24 heavy (non-hydrogen) atoms. The lowest BCUT2D eigenvalue weighted by atomic mass is 10.0. The summed E-state index contributed by atoms with van der Waals surface area (Å²) in [6.07, 6.45) is 8.22. The van der Waals surface area contributed by atoms with Gasteiger partial charge in [0.25, 0.3) is 5.91 Å². The zero-order valence-corrected chi connectivity index (χ0v) is 14.9. The molecule has 0 aromatic carbocycles. The van der Waals surface area contributed by atoms with E-state index < -0.39 is 0 Å². The SMILES string of the molecule is CCC1CCCCN1c1ncc(C(=O)N2CCN(CC)CC2)cn1. The first-order valence-electron chi connectivity index (χ1n) is 9.33. The van der Waals surface area contributed by atoms with Crippen LogP contribution >= 0.6 is 0 Å². The number of hydrogen-bond acceptors (Lipinski definition) is 5. The number of piperidine rings is 1. The Labute approximate surface area is 144 Å². The minimum Gasteiger partial charge on any atom is -0.338 e. The molecule has 2 saturated heterocycles. The van der Waals surface area contributed by atoms with Gasteiger partial charge in [-0.25, -0.2) is 9.97 Å². The molecule has 0 radical (unpaired) electrons. The van der Waals surface area contributed by atoms with Crippen LogP contribution in [0.4, 0.5) is 5.95 Å². The second kappa shape index (κ2) is 7.92. The van der Waals surface area contributed by atoms with E-state index in [1.165, 1.54) is 19.3 Å². The van der Waals surface area contributed by atoms with E-state index in [0.717, 1.165) is 51.6 Å². The summed E-state index contributed by atoms with van der Waals surface area (Å²) in [6.45, 7) is 9.93. The summed E-state index contributed by atoms with van der Waals surface area (Å²) in [5, 5.41) is 0. The van der Waals surface area contributed by atoms with E-state index in [4.69, 9.17) is 0 Å². The predicted octanol–water partition coefficient (Wildman–Crippen LogP) is 2.02. The number of likely N-dealkylation sites (N-methyl/N-ethyl adjacent to an activating group) is 1. The highest BCUT2D eigenvalue weighted by atomic mass is 16.2. The number of piperazine rings is 1. The van der Waals surface area contributed by atoms with Gasteiger partial charge < -0.3 is 14.7 Å². The molecule has 0 spiro atoms. The van der Waals surface area contributed by atoms with E-state index >= 15 is 0 Å². The molecule has 2 aliphatic rings. The maximum absolute atomic E-state index is 12.6. The first-order chi connectivity index (χ1) is 11.7. The number of carbonyl (C=O) groups excluding carboxylic acids is 1. The Morgan fingerprint density at radius 2 is 1.79 bits per heavy atom. The normalized spacial score (nSPS) is 22.7. The molecular formula is C18H29N5O. The van der Waals surface area contributed by atoms with Gasteiger partial charge in [0.15, 0.2) is 0 Å². The summed E-state index contributed by atoms with van der Waals surface area (Å²) < 4.78 is 0. The first kappa shape index (κ1) is 17.1. The molecule has 6 heteroatoms. The monoisotopic (exact) mass is 331 g/mol. The molecule has 1 aromatic heterocycles. The standard InChI is InChI=1S/C18H29N5O/c1-3-16-7-5-6-8-23(16)18-19-13-15(14-20-18)17(24)22-11-9-21(4-2)10-12-22/h13-14,16H,3-12H2,1-2H3. The van der Waals surface area contributed by atoms with Gasteiger partial charge in [-0.2, -0.15) is 0 Å². The number of hydrogen-bond donors (Lipinski definition) is 0. The fraction of sp³-hybridized carbons (Fsp3) is 0.722. The number of nitrogens with zero attached hydrogens (tertiary/aromatic N) is 5. The highest BCUT2D eigenvalue weighted by Gasteiger charge is 2.25. The third-order valence-corrected chi connectivity index (χ3v) is 5.35. The molecule has 6 nitrogen and oxygen atoms in total. The Morgan fingerprint density at radius 1 is 1.08 bits per heavy atom. The number of carbonyl (C=O) groups is 1. The number of aromatic nitrogens is 2. The van der Waals surface area contributed by atoms with Crippen molar-refractivity contribution in [1.82, 2.24) is 19.8 Å². The van der Waals surface area contributed by atoms with Gasteiger partial charge in [-0.1, -0.05) is 13.8 Å². The van der Waals surface area contributed by atoms with Crippen molar-refractivity contribution in [2.75, 3.05) is 44.2 Å². The van der Waals surface area contributed by atoms with Crippen LogP contribution in [0.3, 0.4) is 0 Å². The van der Waals surface area contributed by atoms with Crippen LogP contribution in [0.5, 0.6) is 0 Å². The summed E-state index contributed by atoms with van der Waals surface area (Å²) in [4.78, 5) is 28.2. The van der Waals surface area contributed by atoms with Gasteiger partial charge in [0.1, 0.15) is 0 Å². The van der Waals surface area contributed by atoms with Gasteiger partial charge in [-0.3, -0.25) is 4.79 Å². The minimum absolute atomic E-state index is 0.0583. The molecule has 3 heterocycles. The number of rotatable bonds is 4. The zero-order valence-electron chi connectivity index (χ0n) is 14.9. The highest BCUT2D eigenvalue weighted by Crippen LogP contribution is 2.23. The van der Waals surface area contributed by atoms with Crippen LogP contribution in [-0.4, -0.2) is 71.0 Å². The molecule has 2 aliphatic heterocycles. The molecule has 3 rings (SSSR count). The van der Waals surface area contributed by atoms with Gasteiger partial charge in [-0.05, 0) is 32.2 Å². The van der Waals surface area contributed by atoms with Crippen LogP contribution in [0.1, 0.15) is 49.9 Å². The van der Waals surface area contributed by atoms with Crippen LogP contribution in [0.15, 0.2) is 12.4 Å². The molecule has 2 fully saturated rings. The number of anilines is 1. The van der Waals surface area contributed by atoms with Crippen molar-refractivity contribution < 1.29 is 4.79 Å². The second-order valence-corrected chi connectivity index (χ2v) is 6.75. The molecule has 132 valence electrons. The average Bonchev–Trinajstić information content (AvgIpc) is 2.67. The molecule has 0 aliphatic carbocycles. The van der Waals surface area contributed by atoms with Gasteiger partial charge in [-0.15, -0.1) is 0 Å². The summed E-state index contributed by atoms with van der Waals surface area (Å²) in [5.74, 6) is 0.830. The maximum atomic E-state index is 12.6. The molecular weight excluding hydrogens is 302 g/mol. The first-order valence-corrected chi connectivity index (χ1v) is 9.33. The molecule has 1 atom stereocenters. The van der Waals surface area contributed by atoms with Gasteiger partial charge in [0.2, 0.25) is 5.95 Å². The molecule has 0 N–H and O–H groups in total. The molecule has 0 bridgehead atoms. The summed E-state index contributed by atoms with van der Waals surface area (Å²) in [7, 11) is 0. The summed E-state index contributed by atoms with van der Waals surface area (Å²) in [5.41, 5.74) is 0.605. The summed E-state index contributed by atoms with van der Waals surface area (Å²) >= 11 is 0. The quantitative estimate of drug-likeness (QED) is 0.845. The highest BCUT2D eigenvalue weighted by molar-refractivity contribution is 5.93. The van der Waals surface area contributed by atoms with Crippen LogP contribution < -0.4 is 4.90 Å². The third-order valence-electron chi connectivity index (χ3n) is 5.35. The van der Waals surface area contributed by atoms with Crippen molar-refractivity contribution in [2.24, 2.45) is 0 Å². The van der Waals surface area contributed by atoms with Crippen molar-refractivity contribution in [1.29, 1.82) is 0 Å². The molecule has 1 amide bonds. The number of amides is 1. The third kappa shape index (κ3) is 3.69. The van der Waals surface area contributed by atoms with E-state index in [1.54, 1.807) is 12.4 Å². The van der Waals surface area contributed by atoms with Crippen LogP contribution in [0, 0.1) is 0 Å². The fourth-order valence-corrected chi connectivity index (χ4v) is 3.72. The van der Waals surface area contributed by atoms with Gasteiger partial charge in [0.05, 0.1) is 5.56 Å². The van der Waals surface area contributed by atoms with E-state index in [1.807, 2.05) is 4.90 Å². The lowest BCUT2D eigenvalue weighted by molar-refractivity contribution is 0.0642. The van der Waals surface area contributed by atoms with Crippen molar-refractivity contribution in [3.05, 3.63) is 18.0 Å². The fourth-order valence-electron chi connectivity index (χ4n) is 3.72. The van der Waals surface area contributed by atoms with Crippen molar-refractivity contribution >= 4 is 11.9 Å². The second-order valence-electron chi connectivity index (χ2n) is 6.75. The van der Waals surface area contributed by atoms with E-state index in [2.05, 4.69) is 33.6 Å². The Bertz CT molecular complexity index is 539. The van der Waals surface area contributed by atoms with Gasteiger partial charge >= 0.3 is 0 Å². The van der Waals surface area contributed by atoms with E-state index in [0.29, 0.717) is 11.6 Å². The minimum atomic E-state index is 0.0583. The topological polar surface area (TPSA) is 52.6 Å². The Hall–Kier alpha value is -1.69. The van der Waals surface area contributed by atoms with Crippen LogP contribution in [0.2, 0.25) is 0 Å². The van der Waals surface area contributed by atoms with Crippen LogP contribution in [-0.2, 0) is 0 Å². The van der Waals surface area contributed by atoms with E-state index in [9.17, 15) is 4.79 Å². The molecule has 0 saturated carbocycles. The van der Waals surface area contributed by atoms with Crippen molar-refractivity contribution in [3.8, 4) is 0 Å². The van der Waals surface area contributed by atoms with Crippen molar-refractivity contribution in [3.63, 3.8) is 0 Å². The van der Waals surface area contributed by atoms with Crippen LogP contribution in [0.25, 0.3) is 0 Å². The maximum Gasteiger partial charge on any atom is 0.257 e. The lowest BCUT2D eigenvalue weighted by Crippen LogP contribution is -2.48. The Balaban J connectivity index is 1.64. The summed E-state index contributed by atoms with van der Waals surface area (Å²) in [6, 6.07) is 0.530. The van der Waals surface area contributed by atoms with E-state index in [-0.39, 0.29) is 5.91 Å². The Kier molecular flexibility index (Phi) is 5.66. The lowest BCUT2D eigenvalue weighted by Gasteiger charge is -2.35. The molecule has 1 aromatic rings. The van der Waals surface area contributed by atoms with Gasteiger partial charge in [0, 0.05) is 51.2 Å². The Morgan fingerprint density at radius 3 is 2.42 bits per heavy atom.